The molecule has 0 fully saturated rings. The van der Waals surface area contributed by atoms with Crippen LogP contribution in [0.5, 0.6) is 0 Å². The van der Waals surface area contributed by atoms with Gasteiger partial charge in [-0.25, -0.2) is 4.39 Å². The minimum absolute atomic E-state index is 0.123. The molecule has 3 nitrogen and oxygen atoms in total. The summed E-state index contributed by atoms with van der Waals surface area (Å²) in [6, 6.07) is 4.48. The van der Waals surface area contributed by atoms with Gasteiger partial charge in [0.2, 0.25) is 5.91 Å². The minimum Gasteiger partial charge on any atom is -0.325 e. The van der Waals surface area contributed by atoms with Crippen LogP contribution in [0, 0.1) is 5.82 Å². The molecular weight excluding hydrogens is 287 g/mol. The first-order valence-corrected chi connectivity index (χ1v) is 6.07. The van der Waals surface area contributed by atoms with Crippen molar-refractivity contribution >= 4 is 27.5 Å². The molecule has 0 radical (unpaired) electrons. The van der Waals surface area contributed by atoms with Crippen LogP contribution in [0.1, 0.15) is 20.8 Å². The molecule has 0 spiro atoms. The zero-order valence-corrected chi connectivity index (χ0v) is 11.7. The highest BCUT2D eigenvalue weighted by atomic mass is 79.9. The number of rotatable bonds is 3. The Morgan fingerprint density at radius 2 is 2.06 bits per heavy atom. The van der Waals surface area contributed by atoms with Crippen LogP contribution in [0.4, 0.5) is 10.1 Å². The predicted molar refractivity (Wildman–Crippen MR) is 70.5 cm³/mol. The number of carbonyl (C=O) groups is 1. The summed E-state index contributed by atoms with van der Waals surface area (Å²) in [5.41, 5.74) is 0.328. The maximum atomic E-state index is 13.2. The van der Waals surface area contributed by atoms with E-state index >= 15 is 0 Å². The molecule has 1 aromatic rings. The number of benzene rings is 1. The van der Waals surface area contributed by atoms with Gasteiger partial charge >= 0.3 is 0 Å². The molecule has 1 rings (SSSR count). The zero-order valence-electron chi connectivity index (χ0n) is 10.1. The molecule has 0 aliphatic rings. The van der Waals surface area contributed by atoms with Gasteiger partial charge in [-0.3, -0.25) is 4.79 Å². The Hall–Kier alpha value is -0.940. The summed E-state index contributed by atoms with van der Waals surface area (Å²) < 4.78 is 13.6. The predicted octanol–water partition coefficient (Wildman–Crippen LogP) is 2.91. The molecule has 0 aliphatic heterocycles. The summed E-state index contributed by atoms with van der Waals surface area (Å²) in [4.78, 5) is 11.5. The van der Waals surface area contributed by atoms with Gasteiger partial charge in [0.05, 0.1) is 11.0 Å². The van der Waals surface area contributed by atoms with Crippen LogP contribution in [0.3, 0.4) is 0 Å². The maximum absolute atomic E-state index is 13.2. The van der Waals surface area contributed by atoms with Crippen LogP contribution in [0.15, 0.2) is 22.7 Å². The Kier molecular flexibility index (Phi) is 4.65. The smallest absolute Gasteiger partial charge is 0.238 e. The molecule has 0 aromatic heterocycles. The second-order valence-electron chi connectivity index (χ2n) is 4.78. The summed E-state index contributed by atoms with van der Waals surface area (Å²) in [6.45, 7) is 6.11. The van der Waals surface area contributed by atoms with Gasteiger partial charge in [0.15, 0.2) is 0 Å². The van der Waals surface area contributed by atoms with Crippen LogP contribution in [-0.4, -0.2) is 18.0 Å². The monoisotopic (exact) mass is 302 g/mol. The molecule has 5 heteroatoms. The van der Waals surface area contributed by atoms with E-state index < -0.39 is 5.82 Å². The Morgan fingerprint density at radius 1 is 1.41 bits per heavy atom. The molecule has 0 heterocycles. The molecule has 94 valence electrons. The van der Waals surface area contributed by atoms with Crippen molar-refractivity contribution in [2.24, 2.45) is 0 Å². The van der Waals surface area contributed by atoms with Crippen molar-refractivity contribution in [2.75, 3.05) is 11.9 Å². The molecule has 0 aliphatic carbocycles. The van der Waals surface area contributed by atoms with E-state index in [1.807, 2.05) is 20.8 Å². The number of anilines is 1. The highest BCUT2D eigenvalue weighted by Gasteiger charge is 2.11. The Labute approximate surface area is 109 Å². The van der Waals surface area contributed by atoms with Crippen molar-refractivity contribution in [3.8, 4) is 0 Å². The van der Waals surface area contributed by atoms with Gasteiger partial charge in [0, 0.05) is 11.2 Å². The quantitative estimate of drug-likeness (QED) is 0.901. The van der Waals surface area contributed by atoms with Crippen LogP contribution < -0.4 is 10.6 Å². The van der Waals surface area contributed by atoms with E-state index in [1.165, 1.54) is 6.07 Å². The first kappa shape index (κ1) is 14.1. The van der Waals surface area contributed by atoms with Gasteiger partial charge in [0.1, 0.15) is 5.82 Å². The summed E-state index contributed by atoms with van der Waals surface area (Å²) in [7, 11) is 0. The second-order valence-corrected chi connectivity index (χ2v) is 5.63. The molecular formula is C12H16BrFN2O. The van der Waals surface area contributed by atoms with Gasteiger partial charge in [-0.05, 0) is 54.9 Å². The molecule has 0 saturated heterocycles. The van der Waals surface area contributed by atoms with Gasteiger partial charge in [-0.1, -0.05) is 0 Å². The first-order chi connectivity index (χ1) is 7.78. The number of halogens is 2. The highest BCUT2D eigenvalue weighted by molar-refractivity contribution is 9.10. The van der Waals surface area contributed by atoms with Gasteiger partial charge in [-0.15, -0.1) is 0 Å². The third-order valence-corrected chi connectivity index (χ3v) is 2.63. The first-order valence-electron chi connectivity index (χ1n) is 5.28. The SMILES string of the molecule is CC(C)(C)NCC(=O)Nc1ccc(Br)c(F)c1. The van der Waals surface area contributed by atoms with E-state index in [-0.39, 0.29) is 18.0 Å². The lowest BCUT2D eigenvalue weighted by molar-refractivity contribution is -0.115. The van der Waals surface area contributed by atoms with E-state index in [0.717, 1.165) is 0 Å². The summed E-state index contributed by atoms with van der Waals surface area (Å²) >= 11 is 3.05. The highest BCUT2D eigenvalue weighted by Crippen LogP contribution is 2.19. The number of hydrogen-bond acceptors (Lipinski definition) is 2. The van der Waals surface area contributed by atoms with Gasteiger partial charge in [0.25, 0.3) is 0 Å². The molecule has 0 unspecified atom stereocenters. The lowest BCUT2D eigenvalue weighted by atomic mass is 10.1. The van der Waals surface area contributed by atoms with Gasteiger partial charge in [-0.2, -0.15) is 0 Å². The normalized spacial score (nSPS) is 11.4. The fourth-order valence-electron chi connectivity index (χ4n) is 1.12. The topological polar surface area (TPSA) is 41.1 Å². The average molecular weight is 303 g/mol. The Bertz CT molecular complexity index is 415. The molecule has 0 bridgehead atoms. The number of amides is 1. The zero-order chi connectivity index (χ0) is 13.1. The van der Waals surface area contributed by atoms with Crippen molar-refractivity contribution < 1.29 is 9.18 Å². The fourth-order valence-corrected chi connectivity index (χ4v) is 1.37. The summed E-state index contributed by atoms with van der Waals surface area (Å²) in [5.74, 6) is -0.590. The van der Waals surface area contributed by atoms with E-state index in [2.05, 4.69) is 26.6 Å². The van der Waals surface area contributed by atoms with E-state index in [9.17, 15) is 9.18 Å². The lowest BCUT2D eigenvalue weighted by Gasteiger charge is -2.20. The fraction of sp³-hybridized carbons (Fsp3) is 0.417. The van der Waals surface area contributed by atoms with Crippen LogP contribution in [-0.2, 0) is 4.79 Å². The van der Waals surface area contributed by atoms with Crippen molar-refractivity contribution in [3.05, 3.63) is 28.5 Å². The van der Waals surface area contributed by atoms with Crippen molar-refractivity contribution in [3.63, 3.8) is 0 Å². The summed E-state index contributed by atoms with van der Waals surface area (Å²) in [5, 5.41) is 5.67. The van der Waals surface area contributed by atoms with E-state index in [4.69, 9.17) is 0 Å². The summed E-state index contributed by atoms with van der Waals surface area (Å²) in [6.07, 6.45) is 0. The lowest BCUT2D eigenvalue weighted by Crippen LogP contribution is -2.41. The Balaban J connectivity index is 2.54. The maximum Gasteiger partial charge on any atom is 0.238 e. The van der Waals surface area contributed by atoms with Crippen LogP contribution >= 0.6 is 15.9 Å². The third kappa shape index (κ3) is 5.28. The third-order valence-electron chi connectivity index (χ3n) is 1.98. The van der Waals surface area contributed by atoms with Gasteiger partial charge < -0.3 is 10.6 Å². The largest absolute Gasteiger partial charge is 0.325 e. The van der Waals surface area contributed by atoms with Crippen LogP contribution in [0.2, 0.25) is 0 Å². The van der Waals surface area contributed by atoms with Crippen molar-refractivity contribution in [2.45, 2.75) is 26.3 Å². The molecule has 0 saturated carbocycles. The van der Waals surface area contributed by atoms with E-state index in [1.54, 1.807) is 12.1 Å². The molecule has 1 amide bonds. The Morgan fingerprint density at radius 3 is 2.59 bits per heavy atom. The van der Waals surface area contributed by atoms with Crippen molar-refractivity contribution in [1.29, 1.82) is 0 Å². The minimum atomic E-state index is -0.397. The van der Waals surface area contributed by atoms with Crippen molar-refractivity contribution in [1.82, 2.24) is 5.32 Å². The molecule has 0 atom stereocenters. The number of nitrogens with one attached hydrogen (secondary N) is 2. The standard InChI is InChI=1S/C12H16BrFN2O/c1-12(2,3)15-7-11(17)16-8-4-5-9(13)10(14)6-8/h4-6,15H,7H2,1-3H3,(H,16,17). The molecule has 17 heavy (non-hydrogen) atoms. The average Bonchev–Trinajstić information content (AvgIpc) is 2.20. The number of hydrogen-bond donors (Lipinski definition) is 2. The van der Waals surface area contributed by atoms with E-state index in [0.29, 0.717) is 10.2 Å². The second kappa shape index (κ2) is 5.60. The molecule has 2 N–H and O–H groups in total. The van der Waals surface area contributed by atoms with Crippen LogP contribution in [0.25, 0.3) is 0 Å². The number of carbonyl (C=O) groups excluding carboxylic acids is 1. The molecule has 1 aromatic carbocycles.